The first-order chi connectivity index (χ1) is 13.3. The highest BCUT2D eigenvalue weighted by Crippen LogP contribution is 2.32. The molecule has 2 heterocycles. The second-order valence-electron chi connectivity index (χ2n) is 6.18. The number of halogens is 4. The lowest BCUT2D eigenvalue weighted by atomic mass is 10.1. The molecule has 6 nitrogen and oxygen atoms in total. The number of carbonyl (C=O) groups excluding carboxylic acids is 1. The second kappa shape index (κ2) is 8.74. The molecule has 2 aromatic rings. The van der Waals surface area contributed by atoms with Crippen LogP contribution < -0.4 is 5.32 Å². The summed E-state index contributed by atoms with van der Waals surface area (Å²) in [5.74, 6) is -1.01. The van der Waals surface area contributed by atoms with Gasteiger partial charge in [-0.15, -0.1) is 0 Å². The van der Waals surface area contributed by atoms with Crippen molar-refractivity contribution >= 4 is 29.2 Å². The van der Waals surface area contributed by atoms with Crippen molar-refractivity contribution in [2.24, 2.45) is 0 Å². The van der Waals surface area contributed by atoms with Crippen molar-refractivity contribution in [3.8, 4) is 0 Å². The molecule has 28 heavy (non-hydrogen) atoms. The molecule has 1 aromatic carbocycles. The van der Waals surface area contributed by atoms with E-state index in [4.69, 9.17) is 21.1 Å². The normalized spacial score (nSPS) is 15.3. The highest BCUT2D eigenvalue weighted by Gasteiger charge is 2.37. The molecule has 0 bridgehead atoms. The van der Waals surface area contributed by atoms with Crippen molar-refractivity contribution in [3.05, 3.63) is 46.7 Å². The van der Waals surface area contributed by atoms with Crippen LogP contribution in [0.2, 0.25) is 5.02 Å². The van der Waals surface area contributed by atoms with E-state index in [1.807, 2.05) is 0 Å². The van der Waals surface area contributed by atoms with Gasteiger partial charge in [-0.3, -0.25) is 4.79 Å². The summed E-state index contributed by atoms with van der Waals surface area (Å²) in [6, 6.07) is 6.40. The van der Waals surface area contributed by atoms with E-state index in [-0.39, 0.29) is 17.6 Å². The van der Waals surface area contributed by atoms with Gasteiger partial charge in [0.05, 0.1) is 19.6 Å². The number of anilines is 2. The van der Waals surface area contributed by atoms with Gasteiger partial charge < -0.3 is 14.8 Å². The molecule has 150 valence electrons. The molecule has 1 N–H and O–H groups in total. The van der Waals surface area contributed by atoms with E-state index in [1.54, 1.807) is 18.2 Å². The first-order valence-electron chi connectivity index (χ1n) is 8.54. The van der Waals surface area contributed by atoms with Crippen LogP contribution in [0.25, 0.3) is 0 Å². The maximum Gasteiger partial charge on any atom is 0.433 e. The molecule has 0 unspecified atom stereocenters. The zero-order chi connectivity index (χ0) is 20.1. The largest absolute Gasteiger partial charge is 0.462 e. The van der Waals surface area contributed by atoms with Crippen molar-refractivity contribution in [1.82, 2.24) is 9.97 Å². The summed E-state index contributed by atoms with van der Waals surface area (Å²) >= 11 is 5.86. The molecular formula is C18H17ClF3N3O3. The molecule has 0 aliphatic carbocycles. The molecule has 1 aliphatic rings. The summed E-state index contributed by atoms with van der Waals surface area (Å²) in [5, 5.41) is 3.08. The number of rotatable bonds is 5. The van der Waals surface area contributed by atoms with Crippen molar-refractivity contribution in [1.29, 1.82) is 0 Å². The fraction of sp³-hybridized carbons (Fsp3) is 0.389. The van der Waals surface area contributed by atoms with Gasteiger partial charge in [-0.1, -0.05) is 17.7 Å². The van der Waals surface area contributed by atoms with Gasteiger partial charge in [0.2, 0.25) is 5.95 Å². The minimum Gasteiger partial charge on any atom is -0.462 e. The van der Waals surface area contributed by atoms with Crippen LogP contribution >= 0.6 is 11.6 Å². The van der Waals surface area contributed by atoms with Crippen LogP contribution in [0.15, 0.2) is 30.5 Å². The number of hydrogen-bond acceptors (Lipinski definition) is 6. The van der Waals surface area contributed by atoms with Crippen LogP contribution in [-0.2, 0) is 26.9 Å². The lowest BCUT2D eigenvalue weighted by molar-refractivity contribution is -0.152. The lowest BCUT2D eigenvalue weighted by Gasteiger charge is -2.22. The van der Waals surface area contributed by atoms with Gasteiger partial charge in [0.25, 0.3) is 0 Å². The lowest BCUT2D eigenvalue weighted by Crippen LogP contribution is -2.27. The van der Waals surface area contributed by atoms with Crippen LogP contribution in [0.4, 0.5) is 24.8 Å². The third-order valence-corrected chi connectivity index (χ3v) is 4.25. The number of hydrogen-bond donors (Lipinski definition) is 1. The summed E-state index contributed by atoms with van der Waals surface area (Å²) in [5.41, 5.74) is -1.09. The average molecular weight is 416 g/mol. The first-order valence-corrected chi connectivity index (χ1v) is 8.92. The number of nitrogens with one attached hydrogen (secondary N) is 1. The van der Waals surface area contributed by atoms with Crippen LogP contribution in [-0.4, -0.2) is 35.3 Å². The fourth-order valence-electron chi connectivity index (χ4n) is 2.71. The fourth-order valence-corrected chi connectivity index (χ4v) is 2.90. The number of benzene rings is 1. The van der Waals surface area contributed by atoms with Crippen molar-refractivity contribution in [3.63, 3.8) is 0 Å². The Morgan fingerprint density at radius 3 is 2.75 bits per heavy atom. The predicted octanol–water partition coefficient (Wildman–Crippen LogP) is 4.16. The van der Waals surface area contributed by atoms with Crippen LogP contribution in [0, 0.1) is 0 Å². The van der Waals surface area contributed by atoms with Crippen molar-refractivity contribution < 1.29 is 27.4 Å². The topological polar surface area (TPSA) is 73.3 Å². The molecule has 0 saturated carbocycles. The monoisotopic (exact) mass is 415 g/mol. The van der Waals surface area contributed by atoms with E-state index < -0.39 is 24.3 Å². The predicted molar refractivity (Wildman–Crippen MR) is 95.4 cm³/mol. The Balaban J connectivity index is 1.76. The molecule has 0 atom stereocenters. The Hall–Kier alpha value is -2.39. The van der Waals surface area contributed by atoms with Crippen LogP contribution in [0.3, 0.4) is 0 Å². The second-order valence-corrected chi connectivity index (χ2v) is 6.62. The van der Waals surface area contributed by atoms with E-state index in [0.717, 1.165) is 6.20 Å². The molecule has 3 rings (SSSR count). The van der Waals surface area contributed by atoms with Crippen LogP contribution in [0.1, 0.15) is 24.1 Å². The van der Waals surface area contributed by atoms with Gasteiger partial charge in [-0.05, 0) is 18.2 Å². The number of carbonyl (C=O) groups is 1. The standard InChI is InChI=1S/C18H17ClF3N3O3/c19-12-2-1-3-13(9-12)24-17-23-10-11(16(25-17)18(20,21)22)8-15(26)28-14-4-6-27-7-5-14/h1-3,9-10,14H,4-8H2,(H,23,24,25). The molecule has 0 spiro atoms. The van der Waals surface area contributed by atoms with Gasteiger partial charge in [0.15, 0.2) is 5.69 Å². The molecule has 1 aromatic heterocycles. The Kier molecular flexibility index (Phi) is 6.35. The molecule has 0 amide bonds. The van der Waals surface area contributed by atoms with Crippen molar-refractivity contribution in [2.75, 3.05) is 18.5 Å². The maximum absolute atomic E-state index is 13.4. The zero-order valence-corrected chi connectivity index (χ0v) is 15.4. The van der Waals surface area contributed by atoms with E-state index in [2.05, 4.69) is 15.3 Å². The van der Waals surface area contributed by atoms with E-state index >= 15 is 0 Å². The minimum absolute atomic E-state index is 0.254. The molecular weight excluding hydrogens is 399 g/mol. The number of nitrogens with zero attached hydrogens (tertiary/aromatic N) is 2. The van der Waals surface area contributed by atoms with Gasteiger partial charge in [0.1, 0.15) is 6.10 Å². The molecule has 10 heteroatoms. The Morgan fingerprint density at radius 2 is 2.07 bits per heavy atom. The number of ether oxygens (including phenoxy) is 2. The Labute approximate surface area is 164 Å². The summed E-state index contributed by atoms with van der Waals surface area (Å²) in [6.07, 6.45) is -3.63. The Bertz CT molecular complexity index is 842. The average Bonchev–Trinajstić information content (AvgIpc) is 2.63. The SMILES string of the molecule is O=C(Cc1cnc(Nc2cccc(Cl)c2)nc1C(F)(F)F)OC1CCOCC1. The highest BCUT2D eigenvalue weighted by atomic mass is 35.5. The summed E-state index contributed by atoms with van der Waals surface area (Å²) in [4.78, 5) is 19.5. The summed E-state index contributed by atoms with van der Waals surface area (Å²) in [6.45, 7) is 0.914. The van der Waals surface area contributed by atoms with Gasteiger partial charge in [-0.2, -0.15) is 13.2 Å². The quantitative estimate of drug-likeness (QED) is 0.739. The van der Waals surface area contributed by atoms with Gasteiger partial charge >= 0.3 is 12.1 Å². The first kappa shape index (κ1) is 20.3. The molecule has 1 saturated heterocycles. The number of esters is 1. The summed E-state index contributed by atoms with van der Waals surface area (Å²) < 4.78 is 50.7. The third-order valence-electron chi connectivity index (χ3n) is 4.02. The molecule has 1 fully saturated rings. The van der Waals surface area contributed by atoms with Crippen molar-refractivity contribution in [2.45, 2.75) is 31.5 Å². The number of aromatic nitrogens is 2. The Morgan fingerprint density at radius 1 is 1.32 bits per heavy atom. The molecule has 0 radical (unpaired) electrons. The highest BCUT2D eigenvalue weighted by molar-refractivity contribution is 6.30. The van der Waals surface area contributed by atoms with E-state index in [9.17, 15) is 18.0 Å². The van der Waals surface area contributed by atoms with Crippen LogP contribution in [0.5, 0.6) is 0 Å². The smallest absolute Gasteiger partial charge is 0.433 e. The third kappa shape index (κ3) is 5.56. The van der Waals surface area contributed by atoms with E-state index in [0.29, 0.717) is 36.8 Å². The van der Waals surface area contributed by atoms with Gasteiger partial charge in [0, 0.05) is 35.3 Å². The maximum atomic E-state index is 13.4. The summed E-state index contributed by atoms with van der Waals surface area (Å²) in [7, 11) is 0. The molecule has 1 aliphatic heterocycles. The minimum atomic E-state index is -4.75. The number of alkyl halides is 3. The zero-order valence-electron chi connectivity index (χ0n) is 14.6. The van der Waals surface area contributed by atoms with E-state index in [1.165, 1.54) is 6.07 Å². The van der Waals surface area contributed by atoms with Gasteiger partial charge in [-0.25, -0.2) is 9.97 Å².